The molecular formula is C28H30F3NO5. The van der Waals surface area contributed by atoms with E-state index in [9.17, 15) is 23.8 Å². The first-order valence-electron chi connectivity index (χ1n) is 15.7. The average Bonchev–Trinajstić information content (AvgIpc) is 3.58. The van der Waals surface area contributed by atoms with Crippen molar-refractivity contribution in [3.8, 4) is 11.5 Å². The van der Waals surface area contributed by atoms with Gasteiger partial charge in [0.05, 0.1) is 41.0 Å². The summed E-state index contributed by atoms with van der Waals surface area (Å²) in [6.45, 7) is -2.73. The fourth-order valence-corrected chi connectivity index (χ4v) is 4.48. The Balaban J connectivity index is 1.68. The molecule has 0 bridgehead atoms. The van der Waals surface area contributed by atoms with E-state index >= 15 is 4.39 Å². The van der Waals surface area contributed by atoms with Crippen molar-refractivity contribution in [2.24, 2.45) is 0 Å². The maximum absolute atomic E-state index is 16.0. The number of hydrogen-bond acceptors (Lipinski definition) is 5. The number of fused-ring (bicyclic) bond motifs is 2. The number of carbonyl (C=O) groups excluding carboxylic acids is 1. The predicted molar refractivity (Wildman–Crippen MR) is 131 cm³/mol. The van der Waals surface area contributed by atoms with Gasteiger partial charge >= 0.3 is 6.29 Å². The minimum Gasteiger partial charge on any atom is -0.395 e. The molecule has 0 amide bonds. The third-order valence-corrected chi connectivity index (χ3v) is 7.12. The van der Waals surface area contributed by atoms with E-state index in [1.54, 1.807) is 20.8 Å². The van der Waals surface area contributed by atoms with Gasteiger partial charge in [-0.3, -0.25) is 4.79 Å². The highest BCUT2D eigenvalue weighted by molar-refractivity contribution is 5.95. The van der Waals surface area contributed by atoms with Crippen LogP contribution in [0.2, 0.25) is 0 Å². The van der Waals surface area contributed by atoms with E-state index in [-0.39, 0.29) is 36.5 Å². The van der Waals surface area contributed by atoms with Gasteiger partial charge in [-0.05, 0) is 60.6 Å². The molecule has 5 rings (SSSR count). The number of aliphatic hydroxyl groups is 2. The fourth-order valence-electron chi connectivity index (χ4n) is 4.48. The molecule has 2 aliphatic rings. The number of alkyl halides is 2. The summed E-state index contributed by atoms with van der Waals surface area (Å²) in [5, 5.41) is 20.1. The summed E-state index contributed by atoms with van der Waals surface area (Å²) in [5.74, 6) is -2.55. The van der Waals surface area contributed by atoms with E-state index in [1.165, 1.54) is 18.2 Å². The topological polar surface area (TPSA) is 80.9 Å². The van der Waals surface area contributed by atoms with Crippen LogP contribution in [0.15, 0.2) is 36.3 Å². The SMILES string of the molecule is [2H]c1c(CC(=O)C2(c3ccc4c(c3)OC(F)(F)O4)CC2)c(F)c([2H])c2c1c([2H])c(C(C)(C)CC)n2C([2H])([2H])[C@]([2H])(O)C([2H])([2H])O. The van der Waals surface area contributed by atoms with Gasteiger partial charge in [-0.15, -0.1) is 8.78 Å². The normalized spacial score (nSPS) is 23.0. The lowest BCUT2D eigenvalue weighted by molar-refractivity contribution is -0.286. The molecule has 2 N–H and O–H groups in total. The minimum atomic E-state index is -3.94. The molecule has 6 nitrogen and oxygen atoms in total. The molecule has 1 aliphatic carbocycles. The Hall–Kier alpha value is -3.04. The van der Waals surface area contributed by atoms with E-state index < -0.39 is 88.9 Å². The van der Waals surface area contributed by atoms with Gasteiger partial charge < -0.3 is 24.3 Å². The molecule has 0 spiro atoms. The number of ketones is 1. The molecule has 0 saturated heterocycles. The zero-order valence-corrected chi connectivity index (χ0v) is 20.3. The molecule has 0 radical (unpaired) electrons. The molecule has 1 saturated carbocycles. The first-order chi connectivity index (χ1) is 20.4. The lowest BCUT2D eigenvalue weighted by Crippen LogP contribution is -2.26. The number of hydrogen-bond donors (Lipinski definition) is 2. The summed E-state index contributed by atoms with van der Waals surface area (Å²) < 4.78 is 119. The second-order valence-electron chi connectivity index (χ2n) is 9.90. The van der Waals surface area contributed by atoms with Crippen molar-refractivity contribution in [1.29, 1.82) is 0 Å². The molecule has 1 aromatic heterocycles. The summed E-state index contributed by atoms with van der Waals surface area (Å²) in [5.41, 5.74) is -3.74. The van der Waals surface area contributed by atoms with E-state index in [1.807, 2.05) is 0 Å². The van der Waals surface area contributed by atoms with E-state index in [0.717, 1.165) is 0 Å². The van der Waals surface area contributed by atoms with Crippen molar-refractivity contribution >= 4 is 16.7 Å². The van der Waals surface area contributed by atoms with Crippen molar-refractivity contribution in [2.45, 2.75) is 76.2 Å². The number of rotatable bonds is 9. The molecule has 1 atom stereocenters. The van der Waals surface area contributed by atoms with Crippen molar-refractivity contribution < 1.29 is 48.6 Å². The van der Waals surface area contributed by atoms with Crippen LogP contribution >= 0.6 is 0 Å². The number of ether oxygens (including phenoxy) is 2. The maximum atomic E-state index is 16.0. The van der Waals surface area contributed by atoms with Crippen molar-refractivity contribution in [2.75, 3.05) is 6.56 Å². The van der Waals surface area contributed by atoms with Crippen LogP contribution in [-0.4, -0.2) is 39.5 Å². The lowest BCUT2D eigenvalue weighted by Gasteiger charge is -2.26. The Morgan fingerprint density at radius 2 is 1.97 bits per heavy atom. The predicted octanol–water partition coefficient (Wildman–Crippen LogP) is 4.99. The molecule has 9 heteroatoms. The highest BCUT2D eigenvalue weighted by atomic mass is 19.3. The van der Waals surface area contributed by atoms with Crippen molar-refractivity contribution in [1.82, 2.24) is 4.57 Å². The van der Waals surface area contributed by atoms with Crippen LogP contribution < -0.4 is 9.47 Å². The molecule has 2 heterocycles. The van der Waals surface area contributed by atoms with E-state index in [2.05, 4.69) is 9.47 Å². The van der Waals surface area contributed by atoms with Crippen LogP contribution in [0, 0.1) is 5.82 Å². The van der Waals surface area contributed by atoms with Gasteiger partial charge in [-0.2, -0.15) is 0 Å². The third-order valence-electron chi connectivity index (χ3n) is 7.12. The smallest absolute Gasteiger partial charge is 0.395 e. The zero-order valence-electron chi connectivity index (χ0n) is 28.3. The molecule has 0 unspecified atom stereocenters. The van der Waals surface area contributed by atoms with Gasteiger partial charge in [-0.1, -0.05) is 26.8 Å². The van der Waals surface area contributed by atoms with Crippen LogP contribution in [0.3, 0.4) is 0 Å². The first kappa shape index (κ1) is 17.5. The van der Waals surface area contributed by atoms with Gasteiger partial charge in [0.1, 0.15) is 11.6 Å². The number of benzene rings is 2. The van der Waals surface area contributed by atoms with Crippen LogP contribution in [-0.2, 0) is 28.5 Å². The van der Waals surface area contributed by atoms with Crippen LogP contribution in [0.1, 0.15) is 67.8 Å². The summed E-state index contributed by atoms with van der Waals surface area (Å²) >= 11 is 0. The molecular weight excluding hydrogens is 487 g/mol. The maximum Gasteiger partial charge on any atom is 0.586 e. The van der Waals surface area contributed by atoms with Gasteiger partial charge in [-0.25, -0.2) is 4.39 Å². The Kier molecular flexibility index (Phi) is 4.14. The summed E-state index contributed by atoms with van der Waals surface area (Å²) in [6, 6.07) is 1.45. The Labute approximate surface area is 223 Å². The number of aromatic nitrogens is 1. The summed E-state index contributed by atoms with van der Waals surface area (Å²) in [6.07, 6.45) is -7.83. The molecule has 3 aromatic rings. The monoisotopic (exact) mass is 525 g/mol. The van der Waals surface area contributed by atoms with Crippen molar-refractivity contribution in [3.63, 3.8) is 0 Å². The molecule has 1 fully saturated rings. The fraction of sp³-hybridized carbons (Fsp3) is 0.464. The molecule has 2 aromatic carbocycles. The van der Waals surface area contributed by atoms with Crippen LogP contribution in [0.4, 0.5) is 13.2 Å². The van der Waals surface area contributed by atoms with Gasteiger partial charge in [0.15, 0.2) is 11.5 Å². The number of nitrogens with zero attached hydrogens (tertiary/aromatic N) is 1. The quantitative estimate of drug-likeness (QED) is 0.412. The zero-order chi connectivity index (χ0) is 33.9. The highest BCUT2D eigenvalue weighted by Gasteiger charge is 2.52. The first-order valence-corrected chi connectivity index (χ1v) is 11.7. The molecule has 198 valence electrons. The summed E-state index contributed by atoms with van der Waals surface area (Å²) in [7, 11) is 0. The summed E-state index contributed by atoms with van der Waals surface area (Å²) in [4.78, 5) is 13.7. The van der Waals surface area contributed by atoms with Crippen LogP contribution in [0.5, 0.6) is 11.5 Å². The van der Waals surface area contributed by atoms with Gasteiger partial charge in [0, 0.05) is 22.9 Å². The Morgan fingerprint density at radius 1 is 1.27 bits per heavy atom. The number of carbonyl (C=O) groups is 1. The molecule has 1 aliphatic heterocycles. The lowest BCUT2D eigenvalue weighted by atomic mass is 9.86. The third kappa shape index (κ3) is 4.48. The number of Topliss-reactive ketones (excluding diaryl/α,β-unsaturated/α-hetero) is 1. The average molecular weight is 526 g/mol. The second kappa shape index (κ2) is 8.77. The van der Waals surface area contributed by atoms with E-state index in [0.29, 0.717) is 10.1 Å². The van der Waals surface area contributed by atoms with Crippen LogP contribution in [0.25, 0.3) is 10.9 Å². The minimum absolute atomic E-state index is 0.201. The molecule has 37 heavy (non-hydrogen) atoms. The highest BCUT2D eigenvalue weighted by Crippen LogP contribution is 2.52. The van der Waals surface area contributed by atoms with Gasteiger partial charge in [0.25, 0.3) is 0 Å². The largest absolute Gasteiger partial charge is 0.586 e. The number of halogens is 3. The van der Waals surface area contributed by atoms with Gasteiger partial charge in [0.2, 0.25) is 0 Å². The Bertz CT molecular complexity index is 1750. The standard InChI is InChI=1S/C28H30F3NO5/c1-4-26(2,3)24-10-17-9-16(20(29)13-21(17)32(24)14-19(34)15-33)11-25(35)27(7-8-27)18-5-6-22-23(12-18)37-28(30,31)36-22/h5-6,9-10,12-13,19,33-34H,4,7-8,11,14-15H2,1-3H3/t19-/m0/s1/i9D,10D,13D,14D2,15D2,19D. The van der Waals surface area contributed by atoms with Crippen molar-refractivity contribution in [3.05, 3.63) is 59.0 Å². The second-order valence-corrected chi connectivity index (χ2v) is 9.90. The van der Waals surface area contributed by atoms with E-state index in [4.69, 9.17) is 11.0 Å². The Morgan fingerprint density at radius 3 is 2.62 bits per heavy atom.